The Hall–Kier alpha value is -1.85. The quantitative estimate of drug-likeness (QED) is 0.753. The molecule has 3 aromatic rings. The van der Waals surface area contributed by atoms with Crippen molar-refractivity contribution >= 4 is 44.4 Å². The molecule has 5 heteroatoms. The number of nitrogens with zero attached hydrogens (tertiary/aromatic N) is 1. The number of rotatable bonds is 4. The van der Waals surface area contributed by atoms with Crippen molar-refractivity contribution in [2.45, 2.75) is 12.7 Å². The van der Waals surface area contributed by atoms with E-state index in [2.05, 4.69) is 16.6 Å². The number of para-hydroxylation sites is 1. The van der Waals surface area contributed by atoms with Crippen LogP contribution in [0.1, 0.15) is 21.5 Å². The van der Waals surface area contributed by atoms with Crippen molar-refractivity contribution in [3.05, 3.63) is 59.2 Å². The van der Waals surface area contributed by atoms with Crippen LogP contribution in [0.5, 0.6) is 0 Å². The van der Waals surface area contributed by atoms with Crippen molar-refractivity contribution < 1.29 is 4.79 Å². The number of thiazole rings is 1. The molecule has 3 rings (SSSR count). The van der Waals surface area contributed by atoms with E-state index in [0.717, 1.165) is 27.1 Å². The minimum Gasteiger partial charge on any atom is -0.298 e. The van der Waals surface area contributed by atoms with Gasteiger partial charge in [-0.25, -0.2) is 4.98 Å². The average molecular weight is 328 g/mol. The summed E-state index contributed by atoms with van der Waals surface area (Å²) in [5, 5.41) is 3.55. The summed E-state index contributed by atoms with van der Waals surface area (Å²) in [5.74, 6) is 0.793. The number of thioether (sulfide) groups is 1. The second kappa shape index (κ2) is 6.50. The molecule has 1 N–H and O–H groups in total. The Morgan fingerprint density at radius 1 is 1.27 bits per heavy atom. The van der Waals surface area contributed by atoms with Crippen LogP contribution in [0.4, 0.5) is 5.13 Å². The van der Waals surface area contributed by atoms with Crippen LogP contribution in [-0.4, -0.2) is 17.1 Å². The molecule has 0 aliphatic heterocycles. The number of nitrogens with one attached hydrogen (secondary N) is 1. The monoisotopic (exact) mass is 328 g/mol. The number of amides is 1. The zero-order valence-corrected chi connectivity index (χ0v) is 14.1. The third-order valence-electron chi connectivity index (χ3n) is 3.34. The van der Waals surface area contributed by atoms with Gasteiger partial charge in [-0.2, -0.15) is 11.8 Å². The molecule has 0 aliphatic carbocycles. The minimum atomic E-state index is -0.111. The topological polar surface area (TPSA) is 42.0 Å². The molecule has 1 heterocycles. The van der Waals surface area contributed by atoms with E-state index in [-0.39, 0.29) is 5.91 Å². The molecule has 0 bridgehead atoms. The van der Waals surface area contributed by atoms with Crippen molar-refractivity contribution in [3.63, 3.8) is 0 Å². The van der Waals surface area contributed by atoms with Gasteiger partial charge in [0.1, 0.15) is 0 Å². The zero-order valence-electron chi connectivity index (χ0n) is 12.4. The van der Waals surface area contributed by atoms with Crippen LogP contribution in [0.2, 0.25) is 0 Å². The average Bonchev–Trinajstić information content (AvgIpc) is 2.92. The molecular formula is C17H16N2OS2. The van der Waals surface area contributed by atoms with Gasteiger partial charge in [0.2, 0.25) is 0 Å². The molecule has 0 fully saturated rings. The highest BCUT2D eigenvalue weighted by Gasteiger charge is 2.11. The predicted octanol–water partition coefficient (Wildman–Crippen LogP) is 4.72. The molecule has 1 aromatic heterocycles. The van der Waals surface area contributed by atoms with E-state index in [4.69, 9.17) is 0 Å². The lowest BCUT2D eigenvalue weighted by Crippen LogP contribution is -2.11. The largest absolute Gasteiger partial charge is 0.298 e. The number of anilines is 1. The Kier molecular flexibility index (Phi) is 4.45. The lowest BCUT2D eigenvalue weighted by molar-refractivity contribution is 0.102. The Morgan fingerprint density at radius 2 is 2.09 bits per heavy atom. The fourth-order valence-electron chi connectivity index (χ4n) is 2.28. The normalized spacial score (nSPS) is 10.8. The Labute approximate surface area is 137 Å². The van der Waals surface area contributed by atoms with Gasteiger partial charge in [-0.15, -0.1) is 0 Å². The number of benzene rings is 2. The van der Waals surface area contributed by atoms with Crippen molar-refractivity contribution in [1.29, 1.82) is 0 Å². The maximum absolute atomic E-state index is 12.4. The lowest BCUT2D eigenvalue weighted by atomic mass is 10.1. The molecule has 1 amide bonds. The molecule has 0 atom stereocenters. The second-order valence-corrected chi connectivity index (χ2v) is 6.92. The van der Waals surface area contributed by atoms with E-state index in [1.807, 2.05) is 49.4 Å². The highest BCUT2D eigenvalue weighted by Crippen LogP contribution is 2.28. The Morgan fingerprint density at radius 3 is 2.86 bits per heavy atom. The standard InChI is InChI=1S/C17H16N2OS2/c1-11-5-3-8-14-15(11)18-17(22-14)19-16(20)13-7-4-6-12(9-13)10-21-2/h3-9H,10H2,1-2H3,(H,18,19,20). The number of carbonyl (C=O) groups excluding carboxylic acids is 1. The first-order valence-electron chi connectivity index (χ1n) is 6.93. The fraction of sp³-hybridized carbons (Fsp3) is 0.176. The van der Waals surface area contributed by atoms with Crippen molar-refractivity contribution in [1.82, 2.24) is 4.98 Å². The van der Waals surface area contributed by atoms with Gasteiger partial charge >= 0.3 is 0 Å². The highest BCUT2D eigenvalue weighted by atomic mass is 32.2. The third kappa shape index (κ3) is 3.15. The van der Waals surface area contributed by atoms with Gasteiger partial charge < -0.3 is 0 Å². The van der Waals surface area contributed by atoms with Crippen LogP contribution in [0, 0.1) is 6.92 Å². The van der Waals surface area contributed by atoms with Crippen molar-refractivity contribution in [3.8, 4) is 0 Å². The maximum atomic E-state index is 12.4. The van der Waals surface area contributed by atoms with Crippen LogP contribution in [0.15, 0.2) is 42.5 Å². The molecule has 0 saturated carbocycles. The van der Waals surface area contributed by atoms with E-state index in [1.165, 1.54) is 11.3 Å². The summed E-state index contributed by atoms with van der Waals surface area (Å²) in [5.41, 5.74) is 3.90. The van der Waals surface area contributed by atoms with Crippen LogP contribution in [0.3, 0.4) is 0 Å². The van der Waals surface area contributed by atoms with Crippen LogP contribution in [0.25, 0.3) is 10.2 Å². The van der Waals surface area contributed by atoms with Crippen LogP contribution >= 0.6 is 23.1 Å². The van der Waals surface area contributed by atoms with Gasteiger partial charge in [0.15, 0.2) is 5.13 Å². The van der Waals surface area contributed by atoms with Crippen molar-refractivity contribution in [2.75, 3.05) is 11.6 Å². The number of carbonyl (C=O) groups is 1. The van der Waals surface area contributed by atoms with Gasteiger partial charge in [-0.05, 0) is 42.5 Å². The van der Waals surface area contributed by atoms with Gasteiger partial charge in [0, 0.05) is 11.3 Å². The predicted molar refractivity (Wildman–Crippen MR) is 96.0 cm³/mol. The van der Waals surface area contributed by atoms with Crippen molar-refractivity contribution in [2.24, 2.45) is 0 Å². The Balaban J connectivity index is 1.83. The summed E-state index contributed by atoms with van der Waals surface area (Å²) in [6.07, 6.45) is 2.05. The van der Waals surface area contributed by atoms with Gasteiger partial charge in [-0.1, -0.05) is 35.6 Å². The van der Waals surface area contributed by atoms with E-state index in [0.29, 0.717) is 10.7 Å². The number of hydrogen-bond acceptors (Lipinski definition) is 4. The third-order valence-corrected chi connectivity index (χ3v) is 4.90. The van der Waals surface area contributed by atoms with Gasteiger partial charge in [0.25, 0.3) is 5.91 Å². The molecule has 3 nitrogen and oxygen atoms in total. The molecular weight excluding hydrogens is 312 g/mol. The second-order valence-electron chi connectivity index (χ2n) is 5.03. The summed E-state index contributed by atoms with van der Waals surface area (Å²) in [7, 11) is 0. The summed E-state index contributed by atoms with van der Waals surface area (Å²) < 4.78 is 1.09. The van der Waals surface area contributed by atoms with Crippen LogP contribution < -0.4 is 5.32 Å². The molecule has 112 valence electrons. The minimum absolute atomic E-state index is 0.111. The maximum Gasteiger partial charge on any atom is 0.257 e. The summed E-state index contributed by atoms with van der Waals surface area (Å²) >= 11 is 3.24. The van der Waals surface area contributed by atoms with Gasteiger partial charge in [0.05, 0.1) is 10.2 Å². The van der Waals surface area contributed by atoms with Gasteiger partial charge in [-0.3, -0.25) is 10.1 Å². The van der Waals surface area contributed by atoms with Crippen LogP contribution in [-0.2, 0) is 5.75 Å². The first-order valence-corrected chi connectivity index (χ1v) is 9.14. The zero-order chi connectivity index (χ0) is 15.5. The van der Waals surface area contributed by atoms with E-state index in [9.17, 15) is 4.79 Å². The lowest BCUT2D eigenvalue weighted by Gasteiger charge is -2.04. The number of hydrogen-bond donors (Lipinski definition) is 1. The first kappa shape index (κ1) is 15.1. The van der Waals surface area contributed by atoms with E-state index in [1.54, 1.807) is 11.8 Å². The summed E-state index contributed by atoms with van der Waals surface area (Å²) in [6.45, 7) is 2.03. The molecule has 0 aliphatic rings. The molecule has 0 spiro atoms. The Bertz CT molecular complexity index is 826. The molecule has 2 aromatic carbocycles. The summed E-state index contributed by atoms with van der Waals surface area (Å²) in [6, 6.07) is 13.8. The molecule has 0 unspecified atom stereocenters. The number of aryl methyl sites for hydroxylation is 1. The molecule has 0 saturated heterocycles. The SMILES string of the molecule is CSCc1cccc(C(=O)Nc2nc3c(C)cccc3s2)c1. The van der Waals surface area contributed by atoms with E-state index >= 15 is 0 Å². The van der Waals surface area contributed by atoms with E-state index < -0.39 is 0 Å². The number of aromatic nitrogens is 1. The molecule has 0 radical (unpaired) electrons. The first-order chi connectivity index (χ1) is 10.7. The summed E-state index contributed by atoms with van der Waals surface area (Å²) in [4.78, 5) is 16.9. The number of fused-ring (bicyclic) bond motifs is 1. The fourth-order valence-corrected chi connectivity index (χ4v) is 3.73. The highest BCUT2D eigenvalue weighted by molar-refractivity contribution is 7.97. The molecule has 22 heavy (non-hydrogen) atoms. The smallest absolute Gasteiger partial charge is 0.257 e.